The van der Waals surface area contributed by atoms with Crippen LogP contribution in [0, 0.1) is 0 Å². The highest BCUT2D eigenvalue weighted by Crippen LogP contribution is 2.31. The number of para-hydroxylation sites is 1. The third-order valence-corrected chi connectivity index (χ3v) is 2.99. The van der Waals surface area contributed by atoms with Crippen LogP contribution < -0.4 is 14.8 Å². The lowest BCUT2D eigenvalue weighted by atomic mass is 10.2. The van der Waals surface area contributed by atoms with E-state index in [4.69, 9.17) is 14.0 Å². The Balaban J connectivity index is 2.14. The second-order valence-electron chi connectivity index (χ2n) is 4.97. The summed E-state index contributed by atoms with van der Waals surface area (Å²) in [7, 11) is 3.51. The summed E-state index contributed by atoms with van der Waals surface area (Å²) in [4.78, 5) is 4.30. The van der Waals surface area contributed by atoms with Gasteiger partial charge < -0.3 is 19.3 Å². The first kappa shape index (κ1) is 15.3. The predicted octanol–water partition coefficient (Wildman–Crippen LogP) is 2.50. The Morgan fingerprint density at radius 2 is 2.14 bits per heavy atom. The first-order valence-corrected chi connectivity index (χ1v) is 6.91. The largest absolute Gasteiger partial charge is 0.493 e. The van der Waals surface area contributed by atoms with E-state index in [1.807, 2.05) is 39.1 Å². The molecule has 0 aliphatic rings. The van der Waals surface area contributed by atoms with Gasteiger partial charge in [-0.15, -0.1) is 0 Å². The van der Waals surface area contributed by atoms with E-state index in [1.165, 1.54) is 0 Å². The minimum atomic E-state index is 0.219. The highest BCUT2D eigenvalue weighted by molar-refractivity contribution is 5.46. The summed E-state index contributed by atoms with van der Waals surface area (Å²) in [6, 6.07) is 5.78. The molecule has 0 spiro atoms. The molecule has 0 saturated heterocycles. The van der Waals surface area contributed by atoms with Crippen LogP contribution in [0.25, 0.3) is 0 Å². The summed E-state index contributed by atoms with van der Waals surface area (Å²) in [6.45, 7) is 4.94. The maximum absolute atomic E-state index is 5.83. The summed E-state index contributed by atoms with van der Waals surface area (Å²) in [5.74, 6) is 2.75. The predicted molar refractivity (Wildman–Crippen MR) is 78.5 cm³/mol. The molecule has 1 N–H and O–H groups in total. The number of methoxy groups -OCH3 is 1. The Morgan fingerprint density at radius 3 is 2.76 bits per heavy atom. The summed E-state index contributed by atoms with van der Waals surface area (Å²) in [6.07, 6.45) is 0. The van der Waals surface area contributed by atoms with Crippen LogP contribution in [0.5, 0.6) is 11.5 Å². The minimum absolute atomic E-state index is 0.219. The molecule has 0 radical (unpaired) electrons. The Hall–Kier alpha value is -2.08. The number of rotatable bonds is 7. The first-order valence-electron chi connectivity index (χ1n) is 6.91. The number of nitrogens with zero attached hydrogens (tertiary/aromatic N) is 2. The van der Waals surface area contributed by atoms with Crippen molar-refractivity contribution in [3.8, 4) is 11.5 Å². The van der Waals surface area contributed by atoms with Crippen molar-refractivity contribution in [3.63, 3.8) is 0 Å². The van der Waals surface area contributed by atoms with E-state index in [-0.39, 0.29) is 12.5 Å². The summed E-state index contributed by atoms with van der Waals surface area (Å²) >= 11 is 0. The zero-order valence-electron chi connectivity index (χ0n) is 12.8. The third kappa shape index (κ3) is 3.72. The van der Waals surface area contributed by atoms with Crippen molar-refractivity contribution in [1.82, 2.24) is 15.5 Å². The summed E-state index contributed by atoms with van der Waals surface area (Å²) in [5, 5.41) is 7.03. The Bertz CT molecular complexity index is 581. The van der Waals surface area contributed by atoms with Crippen LogP contribution >= 0.6 is 0 Å². The molecule has 1 aromatic carbocycles. The Kier molecular flexibility index (Phi) is 5.16. The Morgan fingerprint density at radius 1 is 1.33 bits per heavy atom. The van der Waals surface area contributed by atoms with Crippen molar-refractivity contribution in [2.45, 2.75) is 32.9 Å². The third-order valence-electron chi connectivity index (χ3n) is 2.99. The van der Waals surface area contributed by atoms with Gasteiger partial charge >= 0.3 is 0 Å². The van der Waals surface area contributed by atoms with Gasteiger partial charge in [-0.1, -0.05) is 31.1 Å². The van der Waals surface area contributed by atoms with E-state index < -0.39 is 0 Å². The van der Waals surface area contributed by atoms with Crippen molar-refractivity contribution in [2.24, 2.45) is 0 Å². The van der Waals surface area contributed by atoms with Crippen molar-refractivity contribution in [1.29, 1.82) is 0 Å². The molecule has 2 rings (SSSR count). The van der Waals surface area contributed by atoms with Crippen molar-refractivity contribution in [3.05, 3.63) is 35.5 Å². The number of hydrogen-bond acceptors (Lipinski definition) is 6. The normalized spacial score (nSPS) is 10.9. The molecular weight excluding hydrogens is 270 g/mol. The van der Waals surface area contributed by atoms with E-state index >= 15 is 0 Å². The lowest BCUT2D eigenvalue weighted by Crippen LogP contribution is -2.08. The number of ether oxygens (including phenoxy) is 2. The van der Waals surface area contributed by atoms with Gasteiger partial charge in [0.05, 0.1) is 7.11 Å². The number of hydrogen-bond donors (Lipinski definition) is 1. The molecule has 0 aliphatic carbocycles. The first-order chi connectivity index (χ1) is 10.2. The second-order valence-corrected chi connectivity index (χ2v) is 4.97. The molecule has 0 fully saturated rings. The minimum Gasteiger partial charge on any atom is -0.493 e. The molecule has 1 heterocycles. The number of aromatic nitrogens is 2. The zero-order valence-corrected chi connectivity index (χ0v) is 12.8. The van der Waals surface area contributed by atoms with Crippen molar-refractivity contribution < 1.29 is 14.0 Å². The maximum Gasteiger partial charge on any atom is 0.264 e. The van der Waals surface area contributed by atoms with Gasteiger partial charge in [0, 0.05) is 18.0 Å². The summed E-state index contributed by atoms with van der Waals surface area (Å²) < 4.78 is 16.4. The second kappa shape index (κ2) is 7.08. The molecule has 114 valence electrons. The van der Waals surface area contributed by atoms with E-state index in [2.05, 4.69) is 15.5 Å². The monoisotopic (exact) mass is 291 g/mol. The smallest absolute Gasteiger partial charge is 0.264 e. The molecule has 0 bridgehead atoms. The van der Waals surface area contributed by atoms with Gasteiger partial charge in [0.15, 0.2) is 23.9 Å². The summed E-state index contributed by atoms with van der Waals surface area (Å²) in [5.41, 5.74) is 1.01. The van der Waals surface area contributed by atoms with Gasteiger partial charge in [0.2, 0.25) is 0 Å². The van der Waals surface area contributed by atoms with Crippen LogP contribution in [-0.2, 0) is 13.2 Å². The average molecular weight is 291 g/mol. The topological polar surface area (TPSA) is 69.4 Å². The van der Waals surface area contributed by atoms with Crippen LogP contribution in [0.4, 0.5) is 0 Å². The quantitative estimate of drug-likeness (QED) is 0.845. The fourth-order valence-electron chi connectivity index (χ4n) is 1.91. The molecule has 1 aromatic heterocycles. The molecule has 0 amide bonds. The van der Waals surface area contributed by atoms with Crippen LogP contribution in [0.2, 0.25) is 0 Å². The molecule has 0 atom stereocenters. The molecule has 0 aliphatic heterocycles. The zero-order chi connectivity index (χ0) is 15.2. The average Bonchev–Trinajstić information content (AvgIpc) is 2.95. The van der Waals surface area contributed by atoms with Gasteiger partial charge in [-0.05, 0) is 13.1 Å². The molecule has 0 unspecified atom stereocenters. The molecular formula is C15H21N3O3. The highest BCUT2D eigenvalue weighted by Gasteiger charge is 2.14. The highest BCUT2D eigenvalue weighted by atomic mass is 16.5. The number of nitrogens with one attached hydrogen (secondary N) is 1. The lowest BCUT2D eigenvalue weighted by Gasteiger charge is -2.13. The van der Waals surface area contributed by atoms with Gasteiger partial charge in [-0.3, -0.25) is 0 Å². The van der Waals surface area contributed by atoms with Gasteiger partial charge in [-0.25, -0.2) is 0 Å². The van der Waals surface area contributed by atoms with Crippen LogP contribution in [-0.4, -0.2) is 24.3 Å². The molecule has 2 aromatic rings. The van der Waals surface area contributed by atoms with Gasteiger partial charge in [0.25, 0.3) is 5.89 Å². The van der Waals surface area contributed by atoms with E-state index in [0.29, 0.717) is 29.8 Å². The lowest BCUT2D eigenvalue weighted by molar-refractivity contribution is 0.231. The standard InChI is InChI=1S/C15H21N3O3/c1-10(2)15-17-13(21-18-15)9-20-14-11(8-16-3)6-5-7-12(14)19-4/h5-7,10,16H,8-9H2,1-4H3. The van der Waals surface area contributed by atoms with Crippen LogP contribution in [0.15, 0.2) is 22.7 Å². The Labute approximate surface area is 124 Å². The number of benzene rings is 1. The van der Waals surface area contributed by atoms with E-state index in [1.54, 1.807) is 7.11 Å². The van der Waals surface area contributed by atoms with Crippen LogP contribution in [0.1, 0.15) is 37.0 Å². The molecule has 6 heteroatoms. The van der Waals surface area contributed by atoms with Gasteiger partial charge in [-0.2, -0.15) is 4.98 Å². The fourth-order valence-corrected chi connectivity index (χ4v) is 1.91. The van der Waals surface area contributed by atoms with Crippen molar-refractivity contribution in [2.75, 3.05) is 14.2 Å². The van der Waals surface area contributed by atoms with Gasteiger partial charge in [0.1, 0.15) is 0 Å². The van der Waals surface area contributed by atoms with Crippen LogP contribution in [0.3, 0.4) is 0 Å². The molecule has 21 heavy (non-hydrogen) atoms. The van der Waals surface area contributed by atoms with E-state index in [9.17, 15) is 0 Å². The molecule has 6 nitrogen and oxygen atoms in total. The SMILES string of the molecule is CNCc1cccc(OC)c1OCc1nc(C(C)C)no1. The van der Waals surface area contributed by atoms with E-state index in [0.717, 1.165) is 5.56 Å². The molecule has 0 saturated carbocycles. The maximum atomic E-state index is 5.83. The van der Waals surface area contributed by atoms with Crippen molar-refractivity contribution >= 4 is 0 Å². The fraction of sp³-hybridized carbons (Fsp3) is 0.467.